The Morgan fingerprint density at radius 3 is 1.00 bits per heavy atom. The van der Waals surface area contributed by atoms with Crippen molar-refractivity contribution in [2.75, 3.05) is 0 Å². The van der Waals surface area contributed by atoms with Crippen LogP contribution >= 0.6 is 0 Å². The summed E-state index contributed by atoms with van der Waals surface area (Å²) in [6.45, 7) is 19.1. The molecule has 3 unspecified atom stereocenters. The Bertz CT molecular complexity index is 255. The van der Waals surface area contributed by atoms with E-state index in [9.17, 15) is 0 Å². The van der Waals surface area contributed by atoms with Gasteiger partial charge in [0.15, 0.2) is 0 Å². The monoisotopic (exact) mass is 382 g/mol. The normalized spacial score (nSPS) is 28.6. The van der Waals surface area contributed by atoms with Gasteiger partial charge in [0.1, 0.15) is 0 Å². The maximum atomic E-state index is 2.42. The Balaban J connectivity index is 0. The van der Waals surface area contributed by atoms with Crippen LogP contribution < -0.4 is 0 Å². The van der Waals surface area contributed by atoms with Gasteiger partial charge in [0.2, 0.25) is 0 Å². The first-order valence-corrected chi connectivity index (χ1v) is 13.1. The third-order valence-corrected chi connectivity index (χ3v) is 6.63. The number of fused-ring (bicyclic) bond motifs is 2. The van der Waals surface area contributed by atoms with Crippen LogP contribution in [0.4, 0.5) is 0 Å². The molecule has 4 aliphatic rings. The molecule has 0 aromatic heterocycles. The molecule has 0 aromatic carbocycles. The van der Waals surface area contributed by atoms with Crippen LogP contribution in [0.1, 0.15) is 146 Å². The molecule has 0 nitrogen and oxygen atoms in total. The summed E-state index contributed by atoms with van der Waals surface area (Å²) in [4.78, 5) is 0. The summed E-state index contributed by atoms with van der Waals surface area (Å²) in [6.07, 6.45) is 19.6. The van der Waals surface area contributed by atoms with Gasteiger partial charge in [0, 0.05) is 0 Å². The van der Waals surface area contributed by atoms with Crippen LogP contribution in [0.25, 0.3) is 0 Å². The van der Waals surface area contributed by atoms with Crippen molar-refractivity contribution >= 4 is 0 Å². The molecule has 4 rings (SSSR count). The van der Waals surface area contributed by atoms with E-state index in [0.29, 0.717) is 0 Å². The first-order chi connectivity index (χ1) is 13.1. The summed E-state index contributed by atoms with van der Waals surface area (Å²) in [7, 11) is 0. The van der Waals surface area contributed by atoms with Crippen LogP contribution in [0, 0.1) is 29.6 Å². The van der Waals surface area contributed by atoms with Crippen LogP contribution in [0.2, 0.25) is 0 Å². The van der Waals surface area contributed by atoms with Gasteiger partial charge in [-0.2, -0.15) is 0 Å². The maximum Gasteiger partial charge on any atom is -0.0386 e. The molecule has 2 bridgehead atoms. The molecule has 166 valence electrons. The molecule has 0 aliphatic heterocycles. The van der Waals surface area contributed by atoms with Crippen molar-refractivity contribution in [2.45, 2.75) is 146 Å². The molecule has 4 fully saturated rings. The molecule has 4 saturated carbocycles. The molecular formula is C27H58. The Morgan fingerprint density at radius 2 is 0.852 bits per heavy atom. The van der Waals surface area contributed by atoms with E-state index in [1.807, 2.05) is 41.5 Å². The van der Waals surface area contributed by atoms with Gasteiger partial charge in [-0.3, -0.25) is 0 Å². The molecule has 3 atom stereocenters. The minimum Gasteiger partial charge on any atom is -0.0683 e. The highest BCUT2D eigenvalue weighted by Crippen LogP contribution is 2.47. The summed E-state index contributed by atoms with van der Waals surface area (Å²) < 4.78 is 0. The van der Waals surface area contributed by atoms with Gasteiger partial charge in [-0.1, -0.05) is 127 Å². The lowest BCUT2D eigenvalue weighted by molar-refractivity contribution is 0.360. The minimum absolute atomic E-state index is 1.04. The van der Waals surface area contributed by atoms with Crippen LogP contribution in [0.3, 0.4) is 0 Å². The van der Waals surface area contributed by atoms with Crippen LogP contribution in [0.15, 0.2) is 0 Å². The highest BCUT2D eigenvalue weighted by atomic mass is 14.4. The van der Waals surface area contributed by atoms with Gasteiger partial charge in [0.05, 0.1) is 0 Å². The van der Waals surface area contributed by atoms with E-state index in [4.69, 9.17) is 0 Å². The molecule has 0 saturated heterocycles. The van der Waals surface area contributed by atoms with E-state index in [1.165, 1.54) is 57.8 Å². The van der Waals surface area contributed by atoms with Crippen molar-refractivity contribution in [2.24, 2.45) is 29.6 Å². The molecule has 4 aliphatic carbocycles. The zero-order valence-corrected chi connectivity index (χ0v) is 21.1. The fraction of sp³-hybridized carbons (Fsp3) is 1.00. The Morgan fingerprint density at radius 1 is 0.444 bits per heavy atom. The van der Waals surface area contributed by atoms with Crippen LogP contribution in [0.5, 0.6) is 0 Å². The molecule has 0 spiro atoms. The SMILES string of the molecule is CC.CC.CC.CC1CC2CCC1C2.CC1CCCC1.CC1CCCCC1. The fourth-order valence-corrected chi connectivity index (χ4v) is 5.00. The molecular weight excluding hydrogens is 324 g/mol. The van der Waals surface area contributed by atoms with Crippen molar-refractivity contribution in [3.63, 3.8) is 0 Å². The van der Waals surface area contributed by atoms with Crippen molar-refractivity contribution < 1.29 is 0 Å². The van der Waals surface area contributed by atoms with E-state index in [2.05, 4.69) is 20.8 Å². The first-order valence-electron chi connectivity index (χ1n) is 13.1. The van der Waals surface area contributed by atoms with Gasteiger partial charge in [0.25, 0.3) is 0 Å². The van der Waals surface area contributed by atoms with Gasteiger partial charge >= 0.3 is 0 Å². The predicted octanol–water partition coefficient (Wildman–Crippen LogP) is 10.3. The lowest BCUT2D eigenvalue weighted by Crippen LogP contribution is -2.04. The second-order valence-electron chi connectivity index (χ2n) is 8.78. The summed E-state index contributed by atoms with van der Waals surface area (Å²) in [5.41, 5.74) is 0. The molecule has 0 aromatic rings. The average molecular weight is 383 g/mol. The molecule has 27 heavy (non-hydrogen) atoms. The molecule has 0 radical (unpaired) electrons. The van der Waals surface area contributed by atoms with E-state index in [-0.39, 0.29) is 0 Å². The van der Waals surface area contributed by atoms with Crippen LogP contribution in [-0.2, 0) is 0 Å². The highest BCUT2D eigenvalue weighted by molar-refractivity contribution is 4.87. The summed E-state index contributed by atoms with van der Waals surface area (Å²) in [5.74, 6) is 5.45. The van der Waals surface area contributed by atoms with E-state index in [1.54, 1.807) is 25.7 Å². The second kappa shape index (κ2) is 20.7. The molecule has 0 amide bonds. The van der Waals surface area contributed by atoms with Crippen molar-refractivity contribution in [1.82, 2.24) is 0 Å². The summed E-state index contributed by atoms with van der Waals surface area (Å²) >= 11 is 0. The molecule has 0 N–H and O–H groups in total. The lowest BCUT2D eigenvalue weighted by Gasteiger charge is -2.15. The largest absolute Gasteiger partial charge is 0.0683 e. The van der Waals surface area contributed by atoms with Gasteiger partial charge in [-0.15, -0.1) is 0 Å². The number of hydrogen-bond donors (Lipinski definition) is 0. The van der Waals surface area contributed by atoms with Gasteiger partial charge < -0.3 is 0 Å². The third-order valence-electron chi connectivity index (χ3n) is 6.63. The summed E-state index contributed by atoms with van der Waals surface area (Å²) in [5, 5.41) is 0. The minimum atomic E-state index is 1.04. The lowest BCUT2D eigenvalue weighted by atomic mass is 9.91. The van der Waals surface area contributed by atoms with Gasteiger partial charge in [-0.05, 0) is 48.9 Å². The zero-order valence-electron chi connectivity index (χ0n) is 21.1. The standard InChI is InChI=1S/C8H14.C7H14.C6H12.3C2H6/c1-6-4-7-2-3-8(6)5-7;1-7-5-3-2-4-6-7;1-6-4-2-3-5-6;3*1-2/h6-8H,2-5H2,1H3;7H,2-6H2,1H3;6H,2-5H2,1H3;3*1-2H3. The number of hydrogen-bond acceptors (Lipinski definition) is 0. The van der Waals surface area contributed by atoms with Crippen LogP contribution in [-0.4, -0.2) is 0 Å². The topological polar surface area (TPSA) is 0 Å². The van der Waals surface area contributed by atoms with Crippen molar-refractivity contribution in [1.29, 1.82) is 0 Å². The number of rotatable bonds is 0. The smallest absolute Gasteiger partial charge is 0.0386 e. The summed E-state index contributed by atoms with van der Waals surface area (Å²) in [6, 6.07) is 0. The second-order valence-corrected chi connectivity index (χ2v) is 8.78. The van der Waals surface area contributed by atoms with Gasteiger partial charge in [-0.25, -0.2) is 0 Å². The highest BCUT2D eigenvalue weighted by Gasteiger charge is 2.36. The maximum absolute atomic E-state index is 2.42. The zero-order chi connectivity index (χ0) is 21.1. The fourth-order valence-electron chi connectivity index (χ4n) is 5.00. The van der Waals surface area contributed by atoms with Crippen molar-refractivity contribution in [3.05, 3.63) is 0 Å². The Labute approximate surface area is 175 Å². The third kappa shape index (κ3) is 14.6. The first kappa shape index (κ1) is 29.2. The van der Waals surface area contributed by atoms with E-state index < -0.39 is 0 Å². The van der Waals surface area contributed by atoms with E-state index >= 15 is 0 Å². The average Bonchev–Trinajstić information content (AvgIpc) is 3.47. The van der Waals surface area contributed by atoms with E-state index in [0.717, 1.165) is 29.6 Å². The quantitative estimate of drug-likeness (QED) is 0.391. The molecule has 0 heteroatoms. The molecule has 0 heterocycles. The Hall–Kier alpha value is 0. The van der Waals surface area contributed by atoms with Crippen molar-refractivity contribution in [3.8, 4) is 0 Å². The predicted molar refractivity (Wildman–Crippen MR) is 129 cm³/mol. The Kier molecular flexibility index (Phi) is 22.4.